The highest BCUT2D eigenvalue weighted by Crippen LogP contribution is 2.33. The van der Waals surface area contributed by atoms with Gasteiger partial charge in [-0.15, -0.1) is 0 Å². The van der Waals surface area contributed by atoms with E-state index >= 15 is 0 Å². The number of carboxylic acid groups (broad SMARTS) is 1. The first kappa shape index (κ1) is 13.2. The molecule has 2 aliphatic rings. The van der Waals surface area contributed by atoms with Crippen molar-refractivity contribution < 1.29 is 14.7 Å². The number of carboxylic acids is 1. The average molecular weight is 273 g/mol. The van der Waals surface area contributed by atoms with Gasteiger partial charge in [-0.3, -0.25) is 4.79 Å². The zero-order valence-corrected chi connectivity index (χ0v) is 11.5. The van der Waals surface area contributed by atoms with Crippen molar-refractivity contribution >= 4 is 17.6 Å². The van der Waals surface area contributed by atoms with Gasteiger partial charge >= 0.3 is 5.97 Å². The SMILES string of the molecule is O=C(O)c1ccc2c(c1)CCC(=O)N2CC1CCCC1. The Morgan fingerprint density at radius 3 is 2.70 bits per heavy atom. The second-order valence-corrected chi connectivity index (χ2v) is 5.80. The number of nitrogens with zero attached hydrogens (tertiary/aromatic N) is 1. The third kappa shape index (κ3) is 2.42. The maximum absolute atomic E-state index is 12.2. The highest BCUT2D eigenvalue weighted by molar-refractivity contribution is 5.97. The lowest BCUT2D eigenvalue weighted by atomic mass is 9.97. The number of fused-ring (bicyclic) bond motifs is 1. The predicted octanol–water partition coefficient (Wildman–Crippen LogP) is 2.85. The van der Waals surface area contributed by atoms with E-state index in [1.54, 1.807) is 18.2 Å². The molecule has 0 atom stereocenters. The molecule has 106 valence electrons. The fourth-order valence-corrected chi connectivity index (χ4v) is 3.34. The van der Waals surface area contributed by atoms with Crippen molar-refractivity contribution in [2.24, 2.45) is 5.92 Å². The van der Waals surface area contributed by atoms with Crippen LogP contribution in [0.5, 0.6) is 0 Å². The van der Waals surface area contributed by atoms with E-state index in [-0.39, 0.29) is 5.91 Å². The summed E-state index contributed by atoms with van der Waals surface area (Å²) in [7, 11) is 0. The van der Waals surface area contributed by atoms with Crippen LogP contribution in [0.2, 0.25) is 0 Å². The summed E-state index contributed by atoms with van der Waals surface area (Å²) < 4.78 is 0. The van der Waals surface area contributed by atoms with Crippen LogP contribution < -0.4 is 4.90 Å². The van der Waals surface area contributed by atoms with Crippen LogP contribution in [0, 0.1) is 5.92 Å². The largest absolute Gasteiger partial charge is 0.478 e. The number of carbonyl (C=O) groups excluding carboxylic acids is 1. The quantitative estimate of drug-likeness (QED) is 0.921. The van der Waals surface area contributed by atoms with Gasteiger partial charge in [0.1, 0.15) is 0 Å². The van der Waals surface area contributed by atoms with Crippen molar-refractivity contribution in [2.45, 2.75) is 38.5 Å². The Bertz CT molecular complexity index is 547. The minimum atomic E-state index is -0.910. The van der Waals surface area contributed by atoms with Gasteiger partial charge in [-0.1, -0.05) is 12.8 Å². The van der Waals surface area contributed by atoms with Crippen molar-refractivity contribution in [3.63, 3.8) is 0 Å². The van der Waals surface area contributed by atoms with Crippen LogP contribution in [-0.4, -0.2) is 23.5 Å². The van der Waals surface area contributed by atoms with Gasteiger partial charge in [0.2, 0.25) is 5.91 Å². The summed E-state index contributed by atoms with van der Waals surface area (Å²) in [5, 5.41) is 9.05. The molecule has 1 fully saturated rings. The molecule has 1 saturated carbocycles. The van der Waals surface area contributed by atoms with E-state index in [9.17, 15) is 9.59 Å². The summed E-state index contributed by atoms with van der Waals surface area (Å²) >= 11 is 0. The molecule has 1 aromatic rings. The summed E-state index contributed by atoms with van der Waals surface area (Å²) in [6.45, 7) is 0.790. The number of carbonyl (C=O) groups is 2. The molecule has 1 aromatic carbocycles. The van der Waals surface area contributed by atoms with E-state index in [2.05, 4.69) is 0 Å². The van der Waals surface area contributed by atoms with Gasteiger partial charge in [0.05, 0.1) is 5.56 Å². The van der Waals surface area contributed by atoms with Gasteiger partial charge in [0.25, 0.3) is 0 Å². The summed E-state index contributed by atoms with van der Waals surface area (Å²) in [6, 6.07) is 5.11. The molecule has 3 rings (SSSR count). The van der Waals surface area contributed by atoms with E-state index in [0.717, 1.165) is 17.8 Å². The average Bonchev–Trinajstić information content (AvgIpc) is 2.94. The minimum absolute atomic E-state index is 0.174. The number of benzene rings is 1. The molecule has 20 heavy (non-hydrogen) atoms. The lowest BCUT2D eigenvalue weighted by Crippen LogP contribution is -2.38. The fraction of sp³-hybridized carbons (Fsp3) is 0.500. The second kappa shape index (κ2) is 5.27. The maximum Gasteiger partial charge on any atom is 0.335 e. The maximum atomic E-state index is 12.2. The molecule has 0 spiro atoms. The van der Waals surface area contributed by atoms with Crippen LogP contribution in [-0.2, 0) is 11.2 Å². The van der Waals surface area contributed by atoms with Crippen molar-refractivity contribution in [1.29, 1.82) is 0 Å². The first-order valence-corrected chi connectivity index (χ1v) is 7.32. The third-order valence-corrected chi connectivity index (χ3v) is 4.44. The number of amides is 1. The molecule has 1 amide bonds. The zero-order valence-electron chi connectivity index (χ0n) is 11.5. The highest BCUT2D eigenvalue weighted by Gasteiger charge is 2.28. The van der Waals surface area contributed by atoms with Crippen LogP contribution in [0.1, 0.15) is 48.0 Å². The number of aromatic carboxylic acids is 1. The predicted molar refractivity (Wildman–Crippen MR) is 76.0 cm³/mol. The van der Waals surface area contributed by atoms with Crippen LogP contribution in [0.3, 0.4) is 0 Å². The first-order chi connectivity index (χ1) is 9.65. The molecule has 0 bridgehead atoms. The van der Waals surface area contributed by atoms with E-state index < -0.39 is 5.97 Å². The fourth-order valence-electron chi connectivity index (χ4n) is 3.34. The number of hydrogen-bond donors (Lipinski definition) is 1. The Hall–Kier alpha value is -1.84. The minimum Gasteiger partial charge on any atom is -0.478 e. The first-order valence-electron chi connectivity index (χ1n) is 7.32. The van der Waals surface area contributed by atoms with E-state index in [0.29, 0.717) is 24.3 Å². The molecule has 0 saturated heterocycles. The van der Waals surface area contributed by atoms with Crippen molar-refractivity contribution in [3.05, 3.63) is 29.3 Å². The third-order valence-electron chi connectivity index (χ3n) is 4.44. The normalized spacial score (nSPS) is 19.2. The van der Waals surface area contributed by atoms with E-state index in [1.807, 2.05) is 4.90 Å². The van der Waals surface area contributed by atoms with Gasteiger partial charge in [0.15, 0.2) is 0 Å². The van der Waals surface area contributed by atoms with Gasteiger partial charge < -0.3 is 10.0 Å². The number of aryl methyl sites for hydroxylation is 1. The monoisotopic (exact) mass is 273 g/mol. The Kier molecular flexibility index (Phi) is 3.47. The Balaban J connectivity index is 1.88. The zero-order chi connectivity index (χ0) is 14.1. The summed E-state index contributed by atoms with van der Waals surface area (Å²) in [6.07, 6.45) is 6.06. The van der Waals surface area contributed by atoms with Gasteiger partial charge in [-0.2, -0.15) is 0 Å². The van der Waals surface area contributed by atoms with Crippen LogP contribution in [0.25, 0.3) is 0 Å². The highest BCUT2D eigenvalue weighted by atomic mass is 16.4. The summed E-state index contributed by atoms with van der Waals surface area (Å²) in [4.78, 5) is 25.1. The Labute approximate surface area is 118 Å². The Morgan fingerprint density at radius 2 is 2.00 bits per heavy atom. The molecule has 4 heteroatoms. The smallest absolute Gasteiger partial charge is 0.335 e. The number of rotatable bonds is 3. The van der Waals surface area contributed by atoms with E-state index in [4.69, 9.17) is 5.11 Å². The van der Waals surface area contributed by atoms with Crippen molar-refractivity contribution in [1.82, 2.24) is 0 Å². The molecule has 1 heterocycles. The van der Waals surface area contributed by atoms with Crippen LogP contribution in [0.15, 0.2) is 18.2 Å². The van der Waals surface area contributed by atoms with Gasteiger partial charge in [-0.25, -0.2) is 4.79 Å². The lowest BCUT2D eigenvalue weighted by Gasteiger charge is -2.31. The molecular weight excluding hydrogens is 254 g/mol. The van der Waals surface area contributed by atoms with Crippen LogP contribution in [0.4, 0.5) is 5.69 Å². The summed E-state index contributed by atoms with van der Waals surface area (Å²) in [5.74, 6) is -0.136. The van der Waals surface area contributed by atoms with Crippen molar-refractivity contribution in [3.8, 4) is 0 Å². The standard InChI is InChI=1S/C16H19NO3/c18-15-8-6-12-9-13(16(19)20)5-7-14(12)17(15)10-11-3-1-2-4-11/h5,7,9,11H,1-4,6,8,10H2,(H,19,20). The van der Waals surface area contributed by atoms with Gasteiger partial charge in [-0.05, 0) is 48.9 Å². The molecule has 1 aliphatic carbocycles. The molecule has 1 N–H and O–H groups in total. The molecule has 0 aromatic heterocycles. The molecule has 4 nitrogen and oxygen atoms in total. The molecule has 1 aliphatic heterocycles. The lowest BCUT2D eigenvalue weighted by molar-refractivity contribution is -0.119. The molecule has 0 radical (unpaired) electrons. The van der Waals surface area contributed by atoms with Crippen molar-refractivity contribution in [2.75, 3.05) is 11.4 Å². The number of hydrogen-bond acceptors (Lipinski definition) is 2. The molecular formula is C16H19NO3. The Morgan fingerprint density at radius 1 is 1.25 bits per heavy atom. The van der Waals surface area contributed by atoms with Gasteiger partial charge in [0, 0.05) is 18.7 Å². The second-order valence-electron chi connectivity index (χ2n) is 5.80. The molecule has 0 unspecified atom stereocenters. The number of anilines is 1. The van der Waals surface area contributed by atoms with E-state index in [1.165, 1.54) is 25.7 Å². The summed E-state index contributed by atoms with van der Waals surface area (Å²) in [5.41, 5.74) is 2.21. The van der Waals surface area contributed by atoms with Crippen LogP contribution >= 0.6 is 0 Å². The topological polar surface area (TPSA) is 57.6 Å².